The molecule has 0 unspecified atom stereocenters. The van der Waals surface area contributed by atoms with E-state index >= 15 is 0 Å². The molecule has 0 saturated heterocycles. The smallest absolute Gasteiger partial charge is 0.239 e. The quantitative estimate of drug-likeness (QED) is 0.924. The van der Waals surface area contributed by atoms with Gasteiger partial charge < -0.3 is 5.32 Å². The Morgan fingerprint density at radius 2 is 2.10 bits per heavy atom. The lowest BCUT2D eigenvalue weighted by Crippen LogP contribution is -2.29. The Kier molecular flexibility index (Phi) is 5.04. The van der Waals surface area contributed by atoms with Gasteiger partial charge in [0, 0.05) is 6.54 Å². The highest BCUT2D eigenvalue weighted by molar-refractivity contribution is 7.14. The predicted octanol–water partition coefficient (Wildman–Crippen LogP) is 2.83. The minimum atomic E-state index is -0.277. The van der Waals surface area contributed by atoms with Crippen LogP contribution >= 0.6 is 11.3 Å². The summed E-state index contributed by atoms with van der Waals surface area (Å²) >= 11 is 1.32. The lowest BCUT2D eigenvalue weighted by atomic mass is 10.2. The molecule has 4 nitrogen and oxygen atoms in total. The van der Waals surface area contributed by atoms with Crippen LogP contribution in [0.2, 0.25) is 0 Å². The van der Waals surface area contributed by atoms with Crippen molar-refractivity contribution in [3.05, 3.63) is 52.7 Å². The fourth-order valence-electron chi connectivity index (χ4n) is 1.86. The molecule has 1 aromatic heterocycles. The number of likely N-dealkylation sites (N-methyl/N-ethyl adjacent to an activating group) is 1. The lowest BCUT2D eigenvalue weighted by molar-refractivity contribution is -0.117. The van der Waals surface area contributed by atoms with Gasteiger partial charge in [0.05, 0.1) is 12.1 Å². The van der Waals surface area contributed by atoms with E-state index in [-0.39, 0.29) is 18.3 Å². The van der Waals surface area contributed by atoms with Gasteiger partial charge in [0.1, 0.15) is 16.9 Å². The van der Waals surface area contributed by atoms with Crippen LogP contribution in [0.5, 0.6) is 0 Å². The minimum absolute atomic E-state index is 0.182. The molecule has 0 bridgehead atoms. The van der Waals surface area contributed by atoms with Crippen molar-refractivity contribution in [2.24, 2.45) is 0 Å². The van der Waals surface area contributed by atoms with Gasteiger partial charge in [-0.25, -0.2) is 4.39 Å². The molecule has 0 aliphatic carbocycles. The summed E-state index contributed by atoms with van der Waals surface area (Å²) in [6, 6.07) is 9.87. The Bertz CT molecular complexity index is 660. The van der Waals surface area contributed by atoms with Crippen LogP contribution in [0.3, 0.4) is 0 Å². The Morgan fingerprint density at radius 1 is 1.38 bits per heavy atom. The van der Waals surface area contributed by atoms with Crippen LogP contribution in [0.15, 0.2) is 35.7 Å². The van der Waals surface area contributed by atoms with E-state index in [4.69, 9.17) is 5.26 Å². The van der Waals surface area contributed by atoms with Crippen molar-refractivity contribution >= 4 is 22.2 Å². The van der Waals surface area contributed by atoms with Gasteiger partial charge in [0.2, 0.25) is 5.91 Å². The van der Waals surface area contributed by atoms with Gasteiger partial charge in [-0.3, -0.25) is 9.69 Å². The molecule has 1 aromatic carbocycles. The maximum absolute atomic E-state index is 12.8. The van der Waals surface area contributed by atoms with Gasteiger partial charge in [-0.2, -0.15) is 5.26 Å². The lowest BCUT2D eigenvalue weighted by Gasteiger charge is -2.16. The van der Waals surface area contributed by atoms with Crippen molar-refractivity contribution < 1.29 is 9.18 Å². The fourth-order valence-corrected chi connectivity index (χ4v) is 2.62. The number of nitrogens with zero attached hydrogens (tertiary/aromatic N) is 2. The summed E-state index contributed by atoms with van der Waals surface area (Å²) in [5.41, 5.74) is 1.40. The van der Waals surface area contributed by atoms with Crippen LogP contribution in [0, 0.1) is 17.1 Å². The third-order valence-electron chi connectivity index (χ3n) is 2.82. The van der Waals surface area contributed by atoms with E-state index in [9.17, 15) is 9.18 Å². The summed E-state index contributed by atoms with van der Waals surface area (Å²) in [4.78, 5) is 13.7. The third-order valence-corrected chi connectivity index (χ3v) is 3.65. The van der Waals surface area contributed by atoms with Gasteiger partial charge in [0.25, 0.3) is 0 Å². The number of halogens is 1. The van der Waals surface area contributed by atoms with Gasteiger partial charge in [-0.05, 0) is 36.2 Å². The van der Waals surface area contributed by atoms with Gasteiger partial charge >= 0.3 is 0 Å². The zero-order valence-corrected chi connectivity index (χ0v) is 12.3. The minimum Gasteiger partial charge on any atom is -0.315 e. The van der Waals surface area contributed by atoms with Crippen molar-refractivity contribution in [2.75, 3.05) is 18.9 Å². The molecule has 0 radical (unpaired) electrons. The van der Waals surface area contributed by atoms with Crippen LogP contribution in [-0.2, 0) is 11.3 Å². The Balaban J connectivity index is 1.87. The largest absolute Gasteiger partial charge is 0.315 e. The molecule has 1 N–H and O–H groups in total. The molecule has 0 aliphatic rings. The monoisotopic (exact) mass is 303 g/mol. The number of nitrogens with one attached hydrogen (secondary N) is 1. The van der Waals surface area contributed by atoms with Crippen LogP contribution in [0.4, 0.5) is 9.39 Å². The highest BCUT2D eigenvalue weighted by Gasteiger charge is 2.11. The molecule has 2 aromatic rings. The number of rotatable bonds is 5. The number of hydrogen-bond donors (Lipinski definition) is 1. The molecule has 1 amide bonds. The number of thiophene rings is 1. The molecule has 0 fully saturated rings. The van der Waals surface area contributed by atoms with E-state index in [0.29, 0.717) is 17.1 Å². The second kappa shape index (κ2) is 6.97. The van der Waals surface area contributed by atoms with E-state index in [2.05, 4.69) is 5.32 Å². The molecule has 0 saturated carbocycles. The van der Waals surface area contributed by atoms with Gasteiger partial charge in [-0.15, -0.1) is 11.3 Å². The highest BCUT2D eigenvalue weighted by atomic mass is 32.1. The average molecular weight is 303 g/mol. The highest BCUT2D eigenvalue weighted by Crippen LogP contribution is 2.21. The summed E-state index contributed by atoms with van der Waals surface area (Å²) in [5, 5.41) is 13.9. The zero-order chi connectivity index (χ0) is 15.2. The molecule has 2 rings (SSSR count). The maximum atomic E-state index is 12.8. The van der Waals surface area contributed by atoms with E-state index in [1.165, 1.54) is 23.5 Å². The van der Waals surface area contributed by atoms with E-state index in [1.54, 1.807) is 23.6 Å². The molecule has 0 atom stereocenters. The normalized spacial score (nSPS) is 10.4. The number of carbonyl (C=O) groups excluding carboxylic acids is 1. The van der Waals surface area contributed by atoms with Crippen LogP contribution in [0.1, 0.15) is 11.1 Å². The SMILES string of the molecule is CN(CC(=O)Nc1sccc1C#N)Cc1ccc(F)cc1. The van der Waals surface area contributed by atoms with Crippen molar-refractivity contribution in [1.82, 2.24) is 4.90 Å². The van der Waals surface area contributed by atoms with Gasteiger partial charge in [0.15, 0.2) is 0 Å². The van der Waals surface area contributed by atoms with Crippen molar-refractivity contribution in [2.45, 2.75) is 6.54 Å². The van der Waals surface area contributed by atoms with E-state index < -0.39 is 0 Å². The number of carbonyl (C=O) groups is 1. The first-order valence-corrected chi connectivity index (χ1v) is 7.17. The molecule has 108 valence electrons. The Morgan fingerprint density at radius 3 is 2.76 bits per heavy atom. The van der Waals surface area contributed by atoms with E-state index in [1.807, 2.05) is 18.0 Å². The predicted molar refractivity (Wildman–Crippen MR) is 80.4 cm³/mol. The standard InChI is InChI=1S/C15H14FN3OS/c1-19(9-11-2-4-13(16)5-3-11)10-14(20)18-15-12(8-17)6-7-21-15/h2-7H,9-10H2,1H3,(H,18,20). The first-order chi connectivity index (χ1) is 10.1. The number of benzene rings is 1. The van der Waals surface area contributed by atoms with Crippen molar-refractivity contribution in [1.29, 1.82) is 5.26 Å². The summed E-state index contributed by atoms with van der Waals surface area (Å²) in [6.45, 7) is 0.739. The molecular weight excluding hydrogens is 289 g/mol. The second-order valence-electron chi connectivity index (χ2n) is 4.62. The first-order valence-electron chi connectivity index (χ1n) is 6.29. The molecule has 0 spiro atoms. The molecule has 6 heteroatoms. The Hall–Kier alpha value is -2.23. The Labute approximate surface area is 126 Å². The molecular formula is C15H14FN3OS. The topological polar surface area (TPSA) is 56.1 Å². The van der Waals surface area contributed by atoms with Gasteiger partial charge in [-0.1, -0.05) is 12.1 Å². The number of amides is 1. The van der Waals surface area contributed by atoms with Crippen LogP contribution < -0.4 is 5.32 Å². The number of anilines is 1. The molecule has 21 heavy (non-hydrogen) atoms. The first kappa shape index (κ1) is 15.2. The summed E-state index contributed by atoms with van der Waals surface area (Å²) < 4.78 is 12.8. The number of nitriles is 1. The van der Waals surface area contributed by atoms with E-state index in [0.717, 1.165) is 5.56 Å². The third kappa shape index (κ3) is 4.38. The maximum Gasteiger partial charge on any atom is 0.239 e. The second-order valence-corrected chi connectivity index (χ2v) is 5.54. The van der Waals surface area contributed by atoms with Crippen molar-refractivity contribution in [3.8, 4) is 6.07 Å². The summed E-state index contributed by atoms with van der Waals surface area (Å²) in [7, 11) is 1.81. The summed E-state index contributed by atoms with van der Waals surface area (Å²) in [5.74, 6) is -0.459. The molecule has 1 heterocycles. The van der Waals surface area contributed by atoms with Crippen molar-refractivity contribution in [3.63, 3.8) is 0 Å². The zero-order valence-electron chi connectivity index (χ0n) is 11.5. The average Bonchev–Trinajstić information content (AvgIpc) is 2.88. The fraction of sp³-hybridized carbons (Fsp3) is 0.200. The van der Waals surface area contributed by atoms with Crippen LogP contribution in [-0.4, -0.2) is 24.4 Å². The van der Waals surface area contributed by atoms with Crippen LogP contribution in [0.25, 0.3) is 0 Å². The summed E-state index contributed by atoms with van der Waals surface area (Å²) in [6.07, 6.45) is 0. The number of hydrogen-bond acceptors (Lipinski definition) is 4. The molecule has 0 aliphatic heterocycles.